The van der Waals surface area contributed by atoms with Crippen molar-refractivity contribution < 1.29 is 0 Å². The van der Waals surface area contributed by atoms with Crippen molar-refractivity contribution in [3.63, 3.8) is 0 Å². The third-order valence-electron chi connectivity index (χ3n) is 7.30. The van der Waals surface area contributed by atoms with Crippen LogP contribution in [0.1, 0.15) is 22.3 Å². The van der Waals surface area contributed by atoms with Crippen LogP contribution in [-0.4, -0.2) is 9.38 Å². The van der Waals surface area contributed by atoms with Gasteiger partial charge in [0, 0.05) is 29.6 Å². The normalized spacial score (nSPS) is 13.5. The topological polar surface area (TPSA) is 17.3 Å². The molecule has 2 aliphatic carbocycles. The number of benzene rings is 4. The van der Waals surface area contributed by atoms with Gasteiger partial charge in [-0.2, -0.15) is 0 Å². The summed E-state index contributed by atoms with van der Waals surface area (Å²) in [5.74, 6) is 0. The van der Waals surface area contributed by atoms with Crippen LogP contribution in [0, 0.1) is 0 Å². The molecule has 0 fully saturated rings. The lowest BCUT2D eigenvalue weighted by Gasteiger charge is -2.14. The van der Waals surface area contributed by atoms with Gasteiger partial charge < -0.3 is 0 Å². The van der Waals surface area contributed by atoms with E-state index in [9.17, 15) is 0 Å². The molecule has 2 nitrogen and oxygen atoms in total. The van der Waals surface area contributed by atoms with E-state index in [2.05, 4.69) is 83.4 Å². The van der Waals surface area contributed by atoms with E-state index in [0.717, 1.165) is 18.5 Å². The second kappa shape index (κ2) is 5.41. The summed E-state index contributed by atoms with van der Waals surface area (Å²) in [7, 11) is 0. The molecule has 2 aliphatic rings. The SMILES string of the molecule is c1ccc2c(c1)Cc1cc3c(cc1-2)c1ccc2c(c1n1ccnc31)Cc1ccccc1-2. The maximum atomic E-state index is 4.81. The molecule has 0 aliphatic heterocycles. The number of nitrogens with zero attached hydrogens (tertiary/aromatic N) is 2. The first kappa shape index (κ1) is 15.9. The van der Waals surface area contributed by atoms with E-state index in [4.69, 9.17) is 4.98 Å². The van der Waals surface area contributed by atoms with Gasteiger partial charge in [0.2, 0.25) is 0 Å². The minimum atomic E-state index is 0.982. The van der Waals surface area contributed by atoms with Crippen molar-refractivity contribution in [1.29, 1.82) is 0 Å². The third-order valence-corrected chi connectivity index (χ3v) is 7.30. The quantitative estimate of drug-likeness (QED) is 0.259. The van der Waals surface area contributed by atoms with Crippen molar-refractivity contribution in [2.75, 3.05) is 0 Å². The minimum absolute atomic E-state index is 0.982. The van der Waals surface area contributed by atoms with Gasteiger partial charge in [0.15, 0.2) is 0 Å². The average Bonchev–Trinajstić information content (AvgIpc) is 3.52. The molecule has 0 atom stereocenters. The Balaban J connectivity index is 1.54. The average molecular weight is 394 g/mol. The maximum absolute atomic E-state index is 4.81. The van der Waals surface area contributed by atoms with Crippen molar-refractivity contribution in [2.45, 2.75) is 12.8 Å². The highest BCUT2D eigenvalue weighted by molar-refractivity contribution is 6.15. The zero-order valence-corrected chi connectivity index (χ0v) is 16.9. The number of fused-ring (bicyclic) bond motifs is 13. The fourth-order valence-corrected chi connectivity index (χ4v) is 5.96. The van der Waals surface area contributed by atoms with Crippen molar-refractivity contribution in [2.24, 2.45) is 0 Å². The van der Waals surface area contributed by atoms with Gasteiger partial charge in [0.25, 0.3) is 0 Å². The first-order valence-corrected chi connectivity index (χ1v) is 10.9. The van der Waals surface area contributed by atoms with Gasteiger partial charge in [0.05, 0.1) is 5.52 Å². The van der Waals surface area contributed by atoms with Crippen molar-refractivity contribution in [3.8, 4) is 22.3 Å². The lowest BCUT2D eigenvalue weighted by molar-refractivity contribution is 1.21. The Bertz CT molecular complexity index is 1740. The third kappa shape index (κ3) is 1.91. The largest absolute Gasteiger partial charge is 0.299 e. The van der Waals surface area contributed by atoms with E-state index in [1.54, 1.807) is 0 Å². The second-order valence-corrected chi connectivity index (χ2v) is 8.83. The van der Waals surface area contributed by atoms with E-state index in [-0.39, 0.29) is 0 Å². The molecule has 144 valence electrons. The molecule has 0 radical (unpaired) electrons. The van der Waals surface area contributed by atoms with Crippen molar-refractivity contribution in [3.05, 3.63) is 107 Å². The molecular formula is C29H18N2. The molecule has 2 heterocycles. The van der Waals surface area contributed by atoms with E-state index in [1.807, 2.05) is 6.20 Å². The molecule has 0 unspecified atom stereocenters. The summed E-state index contributed by atoms with van der Waals surface area (Å²) in [6, 6.07) is 27.1. The molecule has 8 rings (SSSR count). The molecule has 0 bridgehead atoms. The lowest BCUT2D eigenvalue weighted by atomic mass is 9.95. The van der Waals surface area contributed by atoms with Gasteiger partial charge in [-0.25, -0.2) is 4.98 Å². The molecule has 0 amide bonds. The Morgan fingerprint density at radius 2 is 1.39 bits per heavy atom. The Kier molecular flexibility index (Phi) is 2.77. The predicted octanol–water partition coefficient (Wildman–Crippen LogP) is 6.78. The number of imidazole rings is 1. The molecule has 6 aromatic rings. The van der Waals surface area contributed by atoms with Gasteiger partial charge in [0.1, 0.15) is 5.65 Å². The molecule has 0 N–H and O–H groups in total. The van der Waals surface area contributed by atoms with Gasteiger partial charge in [-0.05, 0) is 68.4 Å². The summed E-state index contributed by atoms with van der Waals surface area (Å²) in [4.78, 5) is 4.81. The first-order valence-electron chi connectivity index (χ1n) is 10.9. The van der Waals surface area contributed by atoms with Crippen LogP contribution in [0.4, 0.5) is 0 Å². The molecular weight excluding hydrogens is 376 g/mol. The van der Waals surface area contributed by atoms with E-state index < -0.39 is 0 Å². The van der Waals surface area contributed by atoms with E-state index in [1.165, 1.54) is 66.2 Å². The number of pyridine rings is 1. The highest BCUT2D eigenvalue weighted by atomic mass is 15.0. The molecule has 31 heavy (non-hydrogen) atoms. The van der Waals surface area contributed by atoms with Crippen LogP contribution in [0.25, 0.3) is 49.6 Å². The van der Waals surface area contributed by atoms with E-state index >= 15 is 0 Å². The van der Waals surface area contributed by atoms with Crippen molar-refractivity contribution >= 4 is 27.3 Å². The molecule has 0 saturated heterocycles. The molecule has 2 aromatic heterocycles. The lowest BCUT2D eigenvalue weighted by Crippen LogP contribution is -1.96. The van der Waals surface area contributed by atoms with Crippen LogP contribution >= 0.6 is 0 Å². The summed E-state index contributed by atoms with van der Waals surface area (Å²) < 4.78 is 2.32. The summed E-state index contributed by atoms with van der Waals surface area (Å²) in [5.41, 5.74) is 13.5. The van der Waals surface area contributed by atoms with Gasteiger partial charge in [-0.15, -0.1) is 0 Å². The predicted molar refractivity (Wildman–Crippen MR) is 127 cm³/mol. The monoisotopic (exact) mass is 394 g/mol. The van der Waals surface area contributed by atoms with Crippen LogP contribution in [-0.2, 0) is 12.8 Å². The minimum Gasteiger partial charge on any atom is -0.299 e. The van der Waals surface area contributed by atoms with Crippen LogP contribution in [0.5, 0.6) is 0 Å². The Morgan fingerprint density at radius 1 is 0.613 bits per heavy atom. The molecule has 4 aromatic carbocycles. The van der Waals surface area contributed by atoms with Crippen LogP contribution in [0.2, 0.25) is 0 Å². The highest BCUT2D eigenvalue weighted by Crippen LogP contribution is 2.45. The highest BCUT2D eigenvalue weighted by Gasteiger charge is 2.25. The van der Waals surface area contributed by atoms with Crippen molar-refractivity contribution in [1.82, 2.24) is 9.38 Å². The second-order valence-electron chi connectivity index (χ2n) is 8.83. The summed E-state index contributed by atoms with van der Waals surface area (Å²) in [6.07, 6.45) is 6.06. The molecule has 2 heteroatoms. The Hall–Kier alpha value is -3.91. The number of hydrogen-bond acceptors (Lipinski definition) is 1. The zero-order chi connectivity index (χ0) is 20.1. The fourth-order valence-electron chi connectivity index (χ4n) is 5.96. The summed E-state index contributed by atoms with van der Waals surface area (Å²) >= 11 is 0. The molecule has 0 spiro atoms. The summed E-state index contributed by atoms with van der Waals surface area (Å²) in [5, 5.41) is 3.88. The number of aromatic nitrogens is 2. The van der Waals surface area contributed by atoms with E-state index in [0.29, 0.717) is 0 Å². The van der Waals surface area contributed by atoms with Crippen LogP contribution < -0.4 is 0 Å². The Labute approximate surface area is 179 Å². The summed E-state index contributed by atoms with van der Waals surface area (Å²) in [6.45, 7) is 0. The van der Waals surface area contributed by atoms with Crippen LogP contribution in [0.15, 0.2) is 85.2 Å². The zero-order valence-electron chi connectivity index (χ0n) is 16.9. The number of rotatable bonds is 0. The number of hydrogen-bond donors (Lipinski definition) is 0. The maximum Gasteiger partial charge on any atom is 0.145 e. The standard InChI is InChI=1S/C29H18N2/c1-4-8-21-17(5-1)13-19-15-27-25(16-24(19)21)23-10-9-22-20-7-3-2-6-18(20)14-26(22)28(23)31-12-11-30-29(27)31/h1-12,15-16H,13-14H2. The van der Waals surface area contributed by atoms with Gasteiger partial charge in [-0.1, -0.05) is 60.7 Å². The fraction of sp³-hybridized carbons (Fsp3) is 0.0690. The first-order chi connectivity index (χ1) is 15.4. The van der Waals surface area contributed by atoms with Gasteiger partial charge in [-0.3, -0.25) is 4.40 Å². The van der Waals surface area contributed by atoms with Gasteiger partial charge >= 0.3 is 0 Å². The Morgan fingerprint density at radius 3 is 2.26 bits per heavy atom. The van der Waals surface area contributed by atoms with Crippen LogP contribution in [0.3, 0.4) is 0 Å². The smallest absolute Gasteiger partial charge is 0.145 e. The molecule has 0 saturated carbocycles.